The number of hydrogen-bond donors (Lipinski definition) is 2. The van der Waals surface area contributed by atoms with Crippen molar-refractivity contribution in [2.45, 2.75) is 25.8 Å². The van der Waals surface area contributed by atoms with E-state index in [-0.39, 0.29) is 18.4 Å². The van der Waals surface area contributed by atoms with Crippen LogP contribution in [-0.2, 0) is 4.79 Å². The molecule has 0 spiro atoms. The van der Waals surface area contributed by atoms with Gasteiger partial charge in [0.25, 0.3) is 5.91 Å². The van der Waals surface area contributed by atoms with E-state index in [4.69, 9.17) is 0 Å². The number of carbonyl (C=O) groups excluding carboxylic acids is 2. The van der Waals surface area contributed by atoms with Crippen LogP contribution < -0.4 is 10.6 Å². The van der Waals surface area contributed by atoms with Gasteiger partial charge in [-0.1, -0.05) is 18.2 Å². The van der Waals surface area contributed by atoms with Crippen molar-refractivity contribution in [1.82, 2.24) is 20.4 Å². The monoisotopic (exact) mass is 354 g/mol. The molecule has 1 saturated carbocycles. The minimum Gasteiger partial charge on any atom is -0.352 e. The Morgan fingerprint density at radius 3 is 2.76 bits per heavy atom. The maximum absolute atomic E-state index is 12.4. The van der Waals surface area contributed by atoms with E-state index in [1.54, 1.807) is 0 Å². The van der Waals surface area contributed by atoms with E-state index in [1.165, 1.54) is 11.3 Å². The molecule has 2 aromatic heterocycles. The quantitative estimate of drug-likeness (QED) is 0.739. The number of fused-ring (bicyclic) bond motifs is 1. The van der Waals surface area contributed by atoms with Gasteiger partial charge >= 0.3 is 0 Å². The van der Waals surface area contributed by atoms with E-state index < -0.39 is 0 Å². The fraction of sp³-hybridized carbons (Fsp3) is 0.278. The number of nitrogens with zero attached hydrogens (tertiary/aromatic N) is 2. The van der Waals surface area contributed by atoms with E-state index in [9.17, 15) is 9.59 Å². The Bertz CT molecular complexity index is 941. The number of aromatic nitrogens is 2. The molecule has 0 aliphatic heterocycles. The first kappa shape index (κ1) is 15.8. The summed E-state index contributed by atoms with van der Waals surface area (Å²) in [6.45, 7) is 1.94. The van der Waals surface area contributed by atoms with Crippen LogP contribution in [0.2, 0.25) is 0 Å². The van der Waals surface area contributed by atoms with Gasteiger partial charge in [-0.15, -0.1) is 11.3 Å². The van der Waals surface area contributed by atoms with Crippen molar-refractivity contribution in [2.75, 3.05) is 6.54 Å². The number of nitrogens with one attached hydrogen (secondary N) is 2. The number of carbonyl (C=O) groups is 2. The second kappa shape index (κ2) is 6.33. The molecule has 0 bridgehead atoms. The lowest BCUT2D eigenvalue weighted by molar-refractivity contribution is -0.120. The molecule has 4 rings (SSSR count). The van der Waals surface area contributed by atoms with Crippen LogP contribution in [0, 0.1) is 6.92 Å². The summed E-state index contributed by atoms with van der Waals surface area (Å²) in [6.07, 6.45) is 2.07. The van der Waals surface area contributed by atoms with Gasteiger partial charge in [-0.05, 0) is 38.0 Å². The smallest absolute Gasteiger partial charge is 0.261 e. The number of para-hydroxylation sites is 1. The van der Waals surface area contributed by atoms with Gasteiger partial charge in [0.2, 0.25) is 5.91 Å². The maximum Gasteiger partial charge on any atom is 0.261 e. The number of benzene rings is 1. The van der Waals surface area contributed by atoms with Crippen molar-refractivity contribution in [3.05, 3.63) is 47.0 Å². The van der Waals surface area contributed by atoms with Crippen LogP contribution in [0.25, 0.3) is 15.9 Å². The predicted octanol–water partition coefficient (Wildman–Crippen LogP) is 2.40. The number of amides is 2. The van der Waals surface area contributed by atoms with Gasteiger partial charge in [-0.2, -0.15) is 5.10 Å². The predicted molar refractivity (Wildman–Crippen MR) is 97.2 cm³/mol. The third-order valence-electron chi connectivity index (χ3n) is 4.12. The molecule has 1 aromatic carbocycles. The van der Waals surface area contributed by atoms with Gasteiger partial charge < -0.3 is 10.6 Å². The molecule has 2 heterocycles. The number of rotatable bonds is 5. The summed E-state index contributed by atoms with van der Waals surface area (Å²) in [6, 6.07) is 12.0. The topological polar surface area (TPSA) is 76.0 Å². The Morgan fingerprint density at radius 1 is 1.28 bits per heavy atom. The Hall–Kier alpha value is -2.67. The van der Waals surface area contributed by atoms with E-state index >= 15 is 0 Å². The molecule has 128 valence electrons. The molecule has 1 aliphatic carbocycles. The minimum absolute atomic E-state index is 0.00731. The average molecular weight is 354 g/mol. The second-order valence-electron chi connectivity index (χ2n) is 6.19. The van der Waals surface area contributed by atoms with Crippen LogP contribution in [0.1, 0.15) is 28.2 Å². The minimum atomic E-state index is -0.230. The molecule has 1 fully saturated rings. The molecule has 0 saturated heterocycles. The molecule has 0 radical (unpaired) electrons. The van der Waals surface area contributed by atoms with Gasteiger partial charge in [-0.25, -0.2) is 4.68 Å². The Balaban J connectivity index is 1.54. The molecule has 6 nitrogen and oxygen atoms in total. The van der Waals surface area contributed by atoms with Gasteiger partial charge in [0.15, 0.2) is 0 Å². The van der Waals surface area contributed by atoms with E-state index in [0.29, 0.717) is 10.9 Å². The molecule has 3 aromatic rings. The highest BCUT2D eigenvalue weighted by atomic mass is 32.1. The zero-order chi connectivity index (χ0) is 17.4. The van der Waals surface area contributed by atoms with Crippen LogP contribution in [0.15, 0.2) is 36.4 Å². The first-order chi connectivity index (χ1) is 12.1. The zero-order valence-corrected chi connectivity index (χ0v) is 14.6. The molecule has 2 N–H and O–H groups in total. The van der Waals surface area contributed by atoms with Crippen molar-refractivity contribution >= 4 is 33.4 Å². The molecule has 2 amide bonds. The van der Waals surface area contributed by atoms with Crippen LogP contribution in [0.5, 0.6) is 0 Å². The lowest BCUT2D eigenvalue weighted by Gasteiger charge is -2.04. The molecule has 0 unspecified atom stereocenters. The standard InChI is InChI=1S/C18H18N4O2S/c1-11-14-9-15(17(24)19-10-16(23)20-12-7-8-12)25-18(14)22(21-11)13-5-3-2-4-6-13/h2-6,9,12H,7-8,10H2,1H3,(H,19,24)(H,20,23). The number of thiophene rings is 1. The summed E-state index contributed by atoms with van der Waals surface area (Å²) in [5.74, 6) is -0.366. The van der Waals surface area contributed by atoms with Gasteiger partial charge in [0.1, 0.15) is 4.83 Å². The van der Waals surface area contributed by atoms with Crippen molar-refractivity contribution in [3.8, 4) is 5.69 Å². The van der Waals surface area contributed by atoms with Gasteiger partial charge in [0, 0.05) is 11.4 Å². The lowest BCUT2D eigenvalue weighted by atomic mass is 10.3. The van der Waals surface area contributed by atoms with Crippen molar-refractivity contribution in [3.63, 3.8) is 0 Å². The summed E-state index contributed by atoms with van der Waals surface area (Å²) in [5, 5.41) is 11.1. The summed E-state index contributed by atoms with van der Waals surface area (Å²) < 4.78 is 1.85. The normalized spacial score (nSPS) is 13.8. The van der Waals surface area contributed by atoms with Crippen LogP contribution >= 0.6 is 11.3 Å². The number of hydrogen-bond acceptors (Lipinski definition) is 4. The molecule has 7 heteroatoms. The average Bonchev–Trinajstić information content (AvgIpc) is 3.22. The van der Waals surface area contributed by atoms with E-state index in [1.807, 2.05) is 48.0 Å². The highest BCUT2D eigenvalue weighted by Crippen LogP contribution is 2.30. The first-order valence-electron chi connectivity index (χ1n) is 8.24. The SMILES string of the molecule is Cc1nn(-c2ccccc2)c2sc(C(=O)NCC(=O)NC3CC3)cc12. The van der Waals surface area contributed by atoms with Crippen LogP contribution in [-0.4, -0.2) is 34.2 Å². The summed E-state index contributed by atoms with van der Waals surface area (Å²) in [5.41, 5.74) is 1.83. The van der Waals surface area contributed by atoms with Gasteiger partial charge in [0.05, 0.1) is 22.8 Å². The fourth-order valence-corrected chi connectivity index (χ4v) is 3.76. The highest BCUT2D eigenvalue weighted by Gasteiger charge is 2.23. The Kier molecular flexibility index (Phi) is 4.01. The molecular weight excluding hydrogens is 336 g/mol. The molecular formula is C18H18N4O2S. The van der Waals surface area contributed by atoms with E-state index in [2.05, 4.69) is 15.7 Å². The molecule has 0 atom stereocenters. The van der Waals surface area contributed by atoms with Crippen molar-refractivity contribution in [1.29, 1.82) is 0 Å². The zero-order valence-electron chi connectivity index (χ0n) is 13.8. The maximum atomic E-state index is 12.4. The third kappa shape index (κ3) is 3.28. The van der Waals surface area contributed by atoms with Crippen LogP contribution in [0.4, 0.5) is 0 Å². The first-order valence-corrected chi connectivity index (χ1v) is 9.05. The Labute approximate surface area is 148 Å². The summed E-state index contributed by atoms with van der Waals surface area (Å²) in [7, 11) is 0. The second-order valence-corrected chi connectivity index (χ2v) is 7.22. The highest BCUT2D eigenvalue weighted by molar-refractivity contribution is 7.20. The largest absolute Gasteiger partial charge is 0.352 e. The fourth-order valence-electron chi connectivity index (χ4n) is 2.66. The van der Waals surface area contributed by atoms with Gasteiger partial charge in [-0.3, -0.25) is 9.59 Å². The molecule has 25 heavy (non-hydrogen) atoms. The third-order valence-corrected chi connectivity index (χ3v) is 5.23. The van der Waals surface area contributed by atoms with Crippen molar-refractivity contribution < 1.29 is 9.59 Å². The van der Waals surface area contributed by atoms with Crippen molar-refractivity contribution in [2.24, 2.45) is 0 Å². The number of aryl methyl sites for hydroxylation is 1. The van der Waals surface area contributed by atoms with E-state index in [0.717, 1.165) is 34.4 Å². The lowest BCUT2D eigenvalue weighted by Crippen LogP contribution is -2.37. The summed E-state index contributed by atoms with van der Waals surface area (Å²) in [4.78, 5) is 25.6. The summed E-state index contributed by atoms with van der Waals surface area (Å²) >= 11 is 1.38. The Morgan fingerprint density at radius 2 is 2.04 bits per heavy atom. The molecule has 1 aliphatic rings. The van der Waals surface area contributed by atoms with Crippen LogP contribution in [0.3, 0.4) is 0 Å².